The van der Waals surface area contributed by atoms with Gasteiger partial charge in [0.2, 0.25) is 0 Å². The normalized spacial score (nSPS) is 18.1. The molecule has 3 heterocycles. The average molecular weight is 640 g/mol. The fourth-order valence-electron chi connectivity index (χ4n) is 3.67. The van der Waals surface area contributed by atoms with E-state index in [4.69, 9.17) is 11.6 Å². The number of oxime groups is 1. The first kappa shape index (κ1) is 30.0. The first-order chi connectivity index (χ1) is 18.3. The molecule has 216 valence electrons. The second-order valence-corrected chi connectivity index (χ2v) is 10.8. The molecule has 2 aromatic heterocycles. The van der Waals surface area contributed by atoms with Crippen LogP contribution in [-0.4, -0.2) is 22.8 Å². The molecule has 1 aromatic carbocycles. The lowest BCUT2D eigenvalue weighted by Crippen LogP contribution is -2.43. The summed E-state index contributed by atoms with van der Waals surface area (Å²) in [5.74, 6) is -2.56. The fourth-order valence-corrected chi connectivity index (χ4v) is 5.70. The van der Waals surface area contributed by atoms with Gasteiger partial charge in [-0.2, -0.15) is 39.5 Å². The van der Waals surface area contributed by atoms with Gasteiger partial charge in [0.15, 0.2) is 5.69 Å². The van der Waals surface area contributed by atoms with Crippen molar-refractivity contribution in [3.8, 4) is 0 Å². The molecule has 0 fully saturated rings. The van der Waals surface area contributed by atoms with E-state index in [0.717, 1.165) is 5.38 Å². The number of carbonyl (C=O) groups is 1. The number of rotatable bonds is 5. The van der Waals surface area contributed by atoms with Crippen LogP contribution in [0.1, 0.15) is 48.4 Å². The molecular weight excluding hydrogens is 628 g/mol. The summed E-state index contributed by atoms with van der Waals surface area (Å²) in [6, 6.07) is 1.35. The lowest BCUT2D eigenvalue weighted by atomic mass is 9.86. The number of amides is 1. The number of carbonyl (C=O) groups excluding carboxylic acids is 1. The van der Waals surface area contributed by atoms with Crippen LogP contribution in [-0.2, 0) is 29.3 Å². The smallest absolute Gasteiger partial charge is 0.374 e. The van der Waals surface area contributed by atoms with Crippen molar-refractivity contribution in [2.24, 2.45) is 5.16 Å². The predicted octanol–water partition coefficient (Wildman–Crippen LogP) is 7.86. The van der Waals surface area contributed by atoms with Crippen molar-refractivity contribution < 1.29 is 53.5 Å². The van der Waals surface area contributed by atoms with Crippen LogP contribution in [0.2, 0.25) is 5.02 Å². The maximum Gasteiger partial charge on any atom is 0.435 e. The van der Waals surface area contributed by atoms with Crippen molar-refractivity contribution >= 4 is 45.9 Å². The van der Waals surface area contributed by atoms with E-state index in [0.29, 0.717) is 22.7 Å². The van der Waals surface area contributed by atoms with Crippen molar-refractivity contribution in [2.75, 3.05) is 0 Å². The van der Waals surface area contributed by atoms with Gasteiger partial charge in [0, 0.05) is 10.9 Å². The second-order valence-electron chi connectivity index (χ2n) is 8.38. The quantitative estimate of drug-likeness (QED) is 0.289. The number of nitrogens with one attached hydrogen (secondary N) is 1. The number of thiophene rings is 1. The Morgan fingerprint density at radius 2 is 1.77 bits per heavy atom. The van der Waals surface area contributed by atoms with E-state index >= 15 is 0 Å². The third-order valence-corrected chi connectivity index (χ3v) is 8.04. The minimum absolute atomic E-state index is 0.0388. The minimum Gasteiger partial charge on any atom is -0.374 e. The Kier molecular flexibility index (Phi) is 7.64. The molecule has 0 radical (unpaired) electrons. The van der Waals surface area contributed by atoms with Crippen LogP contribution >= 0.6 is 34.3 Å². The van der Waals surface area contributed by atoms with Crippen molar-refractivity contribution in [1.82, 2.24) is 10.3 Å². The molecule has 18 heteroatoms. The zero-order valence-corrected chi connectivity index (χ0v) is 21.8. The van der Waals surface area contributed by atoms with Crippen LogP contribution < -0.4 is 5.32 Å². The molecule has 1 amide bonds. The molecule has 0 bridgehead atoms. The maximum atomic E-state index is 14.7. The van der Waals surface area contributed by atoms with Gasteiger partial charge >= 0.3 is 18.5 Å². The molecule has 4 rings (SSSR count). The number of aromatic nitrogens is 1. The van der Waals surface area contributed by atoms with E-state index in [1.807, 2.05) is 0 Å². The summed E-state index contributed by atoms with van der Waals surface area (Å²) in [6.45, 7) is 1.04. The predicted molar refractivity (Wildman–Crippen MR) is 124 cm³/mol. The lowest BCUT2D eigenvalue weighted by Gasteiger charge is -2.30. The molecule has 3 aromatic rings. The third kappa shape index (κ3) is 5.63. The number of benzene rings is 1. The third-order valence-electron chi connectivity index (χ3n) is 5.63. The van der Waals surface area contributed by atoms with Gasteiger partial charge in [-0.3, -0.25) is 4.79 Å². The molecule has 0 spiro atoms. The van der Waals surface area contributed by atoms with Gasteiger partial charge in [-0.05, 0) is 30.7 Å². The Morgan fingerprint density at radius 1 is 1.10 bits per heavy atom. The van der Waals surface area contributed by atoms with E-state index in [1.54, 1.807) is 0 Å². The Labute approximate surface area is 230 Å². The number of halogens is 11. The topological polar surface area (TPSA) is 63.6 Å². The Morgan fingerprint density at radius 3 is 2.35 bits per heavy atom. The minimum atomic E-state index is -5.46. The number of aryl methyl sites for hydroxylation is 1. The Hall–Kier alpha value is -2.92. The number of hydrogen-bond donors (Lipinski definition) is 1. The van der Waals surface area contributed by atoms with Crippen LogP contribution in [0.4, 0.5) is 43.9 Å². The van der Waals surface area contributed by atoms with Gasteiger partial charge in [-0.15, -0.1) is 22.7 Å². The maximum absolute atomic E-state index is 14.7. The van der Waals surface area contributed by atoms with E-state index in [9.17, 15) is 48.7 Å². The molecule has 0 saturated heterocycles. The number of hydrogen-bond acceptors (Lipinski definition) is 6. The van der Waals surface area contributed by atoms with Crippen LogP contribution in [0.3, 0.4) is 0 Å². The molecule has 0 aliphatic carbocycles. The van der Waals surface area contributed by atoms with Gasteiger partial charge in [-0.1, -0.05) is 16.8 Å². The highest BCUT2D eigenvalue weighted by Crippen LogP contribution is 2.51. The van der Waals surface area contributed by atoms with Gasteiger partial charge in [0.25, 0.3) is 11.5 Å². The van der Waals surface area contributed by atoms with E-state index < -0.39 is 69.8 Å². The standard InChI is InChI=1S/C22H12ClF10N3O2S2/c1-8-2-13(40-17(8)18(37)34-6-15-35-14(7-39-15)21(28,29)30)12-5-19(38-36-12,22(31,32)33)10-3-9(20(25,26)27)4-11(23)16(10)24/h2-4,7H,5-6H2,1H3,(H,34,37). The SMILES string of the molecule is Cc1cc(C2=NOC(c3cc(C(F)(F)F)cc(Cl)c3F)(C(F)(F)F)C2)sc1C(=O)NCc1nc(C(F)(F)F)cs1. The molecule has 1 N–H and O–H groups in total. The monoisotopic (exact) mass is 639 g/mol. The van der Waals surface area contributed by atoms with Gasteiger partial charge in [-0.25, -0.2) is 9.37 Å². The molecular formula is C22H12ClF10N3O2S2. The summed E-state index contributed by atoms with van der Waals surface area (Å²) in [7, 11) is 0. The van der Waals surface area contributed by atoms with E-state index in [-0.39, 0.29) is 39.0 Å². The van der Waals surface area contributed by atoms with Gasteiger partial charge < -0.3 is 10.2 Å². The van der Waals surface area contributed by atoms with Crippen LogP contribution in [0.5, 0.6) is 0 Å². The highest BCUT2D eigenvalue weighted by Gasteiger charge is 2.64. The largest absolute Gasteiger partial charge is 0.435 e. The van der Waals surface area contributed by atoms with Crippen molar-refractivity contribution in [3.63, 3.8) is 0 Å². The zero-order valence-electron chi connectivity index (χ0n) is 19.4. The number of nitrogens with zero attached hydrogens (tertiary/aromatic N) is 2. The van der Waals surface area contributed by atoms with Crippen LogP contribution in [0.25, 0.3) is 0 Å². The van der Waals surface area contributed by atoms with Crippen molar-refractivity contribution in [1.29, 1.82) is 0 Å². The summed E-state index contributed by atoms with van der Waals surface area (Å²) in [5.41, 5.74) is -8.14. The zero-order chi connectivity index (χ0) is 29.8. The molecule has 1 aliphatic rings. The van der Waals surface area contributed by atoms with Gasteiger partial charge in [0.1, 0.15) is 16.5 Å². The summed E-state index contributed by atoms with van der Waals surface area (Å²) in [5, 5.41) is 5.22. The summed E-state index contributed by atoms with van der Waals surface area (Å²) >= 11 is 6.78. The van der Waals surface area contributed by atoms with Crippen LogP contribution in [0.15, 0.2) is 28.7 Å². The molecule has 0 saturated carbocycles. The van der Waals surface area contributed by atoms with Crippen molar-refractivity contribution in [2.45, 2.75) is 44.0 Å². The summed E-state index contributed by atoms with van der Waals surface area (Å²) in [6.07, 6.45) is -16.5. The highest BCUT2D eigenvalue weighted by atomic mass is 35.5. The summed E-state index contributed by atoms with van der Waals surface area (Å²) < 4.78 is 135. The lowest BCUT2D eigenvalue weighted by molar-refractivity contribution is -0.276. The molecule has 1 atom stereocenters. The number of alkyl halides is 9. The van der Waals surface area contributed by atoms with E-state index in [2.05, 4.69) is 20.3 Å². The highest BCUT2D eigenvalue weighted by molar-refractivity contribution is 7.16. The van der Waals surface area contributed by atoms with E-state index in [1.165, 1.54) is 13.0 Å². The molecule has 1 unspecified atom stereocenters. The second kappa shape index (κ2) is 10.2. The molecule has 5 nitrogen and oxygen atoms in total. The molecule has 1 aliphatic heterocycles. The van der Waals surface area contributed by atoms with Gasteiger partial charge in [0.05, 0.1) is 33.3 Å². The number of thiazole rings is 1. The van der Waals surface area contributed by atoms with Crippen LogP contribution in [0, 0.1) is 12.7 Å². The first-order valence-corrected chi connectivity index (χ1v) is 12.7. The first-order valence-electron chi connectivity index (χ1n) is 10.6. The summed E-state index contributed by atoms with van der Waals surface area (Å²) in [4.78, 5) is 20.5. The molecule has 40 heavy (non-hydrogen) atoms. The van der Waals surface area contributed by atoms with Crippen molar-refractivity contribution in [3.05, 3.63) is 71.6 Å². The Bertz CT molecular complexity index is 1490. The fraction of sp³-hybridized carbons (Fsp3) is 0.318. The Balaban J connectivity index is 1.59. The average Bonchev–Trinajstić information content (AvgIpc) is 3.56.